The molecule has 0 spiro atoms. The molecule has 1 aromatic carbocycles. The Morgan fingerprint density at radius 1 is 1.31 bits per heavy atom. The van der Waals surface area contributed by atoms with E-state index in [1.165, 1.54) is 6.20 Å². The summed E-state index contributed by atoms with van der Waals surface area (Å²) in [6, 6.07) is 7.92. The van der Waals surface area contributed by atoms with E-state index in [1.807, 2.05) is 12.1 Å². The fourth-order valence-corrected chi connectivity index (χ4v) is 2.59. The molecule has 0 unspecified atom stereocenters. The van der Waals surface area contributed by atoms with Crippen LogP contribution < -0.4 is 5.32 Å². The highest BCUT2D eigenvalue weighted by Crippen LogP contribution is 2.29. The van der Waals surface area contributed by atoms with Crippen LogP contribution in [-0.2, 0) is 19.8 Å². The van der Waals surface area contributed by atoms with E-state index in [9.17, 15) is 18.0 Å². The summed E-state index contributed by atoms with van der Waals surface area (Å²) in [6.07, 6.45) is -1.62. The Hall–Kier alpha value is -2.81. The van der Waals surface area contributed by atoms with Gasteiger partial charge in [-0.2, -0.15) is 23.4 Å². The first-order chi connectivity index (χ1) is 12.2. The number of hydrogen-bond acceptors (Lipinski definition) is 3. The molecule has 0 saturated carbocycles. The predicted octanol–water partition coefficient (Wildman–Crippen LogP) is 3.59. The lowest BCUT2D eigenvalue weighted by molar-refractivity contribution is -0.143. The second kappa shape index (κ2) is 6.83. The Kier molecular flexibility index (Phi) is 4.73. The van der Waals surface area contributed by atoms with Crippen molar-refractivity contribution in [2.45, 2.75) is 12.7 Å². The number of halogens is 4. The van der Waals surface area contributed by atoms with E-state index >= 15 is 0 Å². The lowest BCUT2D eigenvalue weighted by atomic mass is 10.2. The highest BCUT2D eigenvalue weighted by molar-refractivity contribution is 6.30. The Morgan fingerprint density at radius 3 is 2.73 bits per heavy atom. The Labute approximate surface area is 151 Å². The third-order valence-corrected chi connectivity index (χ3v) is 3.76. The number of amides is 1. The van der Waals surface area contributed by atoms with Gasteiger partial charge in [-0.25, -0.2) is 0 Å². The summed E-state index contributed by atoms with van der Waals surface area (Å²) in [6.45, 7) is 0.429. The van der Waals surface area contributed by atoms with E-state index in [4.69, 9.17) is 11.6 Å². The summed E-state index contributed by atoms with van der Waals surface area (Å²) in [5.74, 6) is -0.751. The molecule has 0 aliphatic carbocycles. The number of benzene rings is 1. The Morgan fingerprint density at radius 2 is 2.08 bits per heavy atom. The van der Waals surface area contributed by atoms with Crippen LogP contribution in [0.25, 0.3) is 0 Å². The number of carbonyl (C=O) groups excluding carboxylic acids is 1. The Bertz CT molecular complexity index is 948. The van der Waals surface area contributed by atoms with Crippen molar-refractivity contribution in [1.82, 2.24) is 19.6 Å². The fourth-order valence-electron chi connectivity index (χ4n) is 2.38. The molecule has 0 fully saturated rings. The molecule has 6 nitrogen and oxygen atoms in total. The maximum Gasteiger partial charge on any atom is 0.433 e. The number of nitrogens with one attached hydrogen (secondary N) is 1. The van der Waals surface area contributed by atoms with E-state index in [1.54, 1.807) is 23.0 Å². The van der Waals surface area contributed by atoms with Crippen molar-refractivity contribution in [3.63, 3.8) is 0 Å². The van der Waals surface area contributed by atoms with Gasteiger partial charge in [0.25, 0.3) is 5.91 Å². The zero-order valence-electron chi connectivity index (χ0n) is 13.5. The predicted molar refractivity (Wildman–Crippen MR) is 88.9 cm³/mol. The molecule has 2 heterocycles. The van der Waals surface area contributed by atoms with Gasteiger partial charge in [0, 0.05) is 24.3 Å². The minimum atomic E-state index is -4.58. The molecule has 3 aromatic rings. The van der Waals surface area contributed by atoms with Crippen LogP contribution in [0.1, 0.15) is 21.7 Å². The molecule has 10 heteroatoms. The summed E-state index contributed by atoms with van der Waals surface area (Å²) >= 11 is 5.92. The smallest absolute Gasteiger partial charge is 0.318 e. The third kappa shape index (κ3) is 4.05. The summed E-state index contributed by atoms with van der Waals surface area (Å²) in [5.41, 5.74) is -0.0732. The van der Waals surface area contributed by atoms with Crippen LogP contribution in [0.3, 0.4) is 0 Å². The van der Waals surface area contributed by atoms with Gasteiger partial charge in [0.2, 0.25) is 0 Å². The zero-order chi connectivity index (χ0) is 18.9. The lowest BCUT2D eigenvalue weighted by Gasteiger charge is -2.04. The van der Waals surface area contributed by atoms with Gasteiger partial charge in [0.1, 0.15) is 5.69 Å². The fraction of sp³-hybridized carbons (Fsp3) is 0.188. The summed E-state index contributed by atoms with van der Waals surface area (Å²) in [5, 5.41) is 10.8. The number of hydrogen-bond donors (Lipinski definition) is 1. The number of nitrogens with zero attached hydrogens (tertiary/aromatic N) is 4. The molecule has 0 radical (unpaired) electrons. The standard InChI is InChI=1S/C16H13ClF3N5O/c1-24-14(16(18,19)20)6-13(23-24)15(26)22-12-7-21-25(9-12)8-10-3-2-4-11(17)5-10/h2-7,9H,8H2,1H3,(H,22,26). The monoisotopic (exact) mass is 383 g/mol. The van der Waals surface area contributed by atoms with E-state index in [0.717, 1.165) is 12.6 Å². The van der Waals surface area contributed by atoms with E-state index in [2.05, 4.69) is 15.5 Å². The van der Waals surface area contributed by atoms with Crippen molar-refractivity contribution in [1.29, 1.82) is 0 Å². The van der Waals surface area contributed by atoms with Gasteiger partial charge in [0.15, 0.2) is 5.69 Å². The van der Waals surface area contributed by atoms with Crippen molar-refractivity contribution >= 4 is 23.2 Å². The molecule has 0 atom stereocenters. The van der Waals surface area contributed by atoms with Crippen LogP contribution in [0.15, 0.2) is 42.7 Å². The number of rotatable bonds is 4. The molecule has 1 amide bonds. The van der Waals surface area contributed by atoms with Gasteiger partial charge in [0.05, 0.1) is 18.4 Å². The van der Waals surface area contributed by atoms with E-state index in [0.29, 0.717) is 28.0 Å². The molecule has 136 valence electrons. The SMILES string of the molecule is Cn1nc(C(=O)Nc2cnn(Cc3cccc(Cl)c3)c2)cc1C(F)(F)F. The molecular weight excluding hydrogens is 371 g/mol. The normalized spacial score (nSPS) is 11.6. The van der Waals surface area contributed by atoms with Gasteiger partial charge in [-0.1, -0.05) is 23.7 Å². The first kappa shape index (κ1) is 18.0. The topological polar surface area (TPSA) is 64.7 Å². The lowest BCUT2D eigenvalue weighted by Crippen LogP contribution is -2.12. The minimum Gasteiger partial charge on any atom is -0.318 e. The van der Waals surface area contributed by atoms with Crippen LogP contribution >= 0.6 is 11.6 Å². The number of anilines is 1. The van der Waals surface area contributed by atoms with Gasteiger partial charge < -0.3 is 5.32 Å². The second-order valence-electron chi connectivity index (χ2n) is 5.55. The van der Waals surface area contributed by atoms with Crippen LogP contribution in [0, 0.1) is 0 Å². The molecule has 0 saturated heterocycles. The van der Waals surface area contributed by atoms with Crippen LogP contribution in [0.5, 0.6) is 0 Å². The number of alkyl halides is 3. The molecule has 3 rings (SSSR count). The third-order valence-electron chi connectivity index (χ3n) is 3.53. The maximum absolute atomic E-state index is 12.8. The summed E-state index contributed by atoms with van der Waals surface area (Å²) in [7, 11) is 1.13. The Balaban J connectivity index is 1.70. The van der Waals surface area contributed by atoms with Gasteiger partial charge in [-0.3, -0.25) is 14.2 Å². The maximum atomic E-state index is 12.8. The highest BCUT2D eigenvalue weighted by atomic mass is 35.5. The molecule has 2 aromatic heterocycles. The average Bonchev–Trinajstić information content (AvgIpc) is 3.13. The van der Waals surface area contributed by atoms with Crippen LogP contribution in [0.2, 0.25) is 5.02 Å². The zero-order valence-corrected chi connectivity index (χ0v) is 14.2. The number of aryl methyl sites for hydroxylation is 1. The van der Waals surface area contributed by atoms with Crippen LogP contribution in [-0.4, -0.2) is 25.5 Å². The molecule has 1 N–H and O–H groups in total. The first-order valence-corrected chi connectivity index (χ1v) is 7.79. The van der Waals surface area contributed by atoms with Gasteiger partial charge >= 0.3 is 6.18 Å². The first-order valence-electron chi connectivity index (χ1n) is 7.42. The van der Waals surface area contributed by atoms with Crippen molar-refractivity contribution in [2.24, 2.45) is 7.05 Å². The average molecular weight is 384 g/mol. The van der Waals surface area contributed by atoms with E-state index in [-0.39, 0.29) is 5.69 Å². The van der Waals surface area contributed by atoms with Gasteiger partial charge in [-0.15, -0.1) is 0 Å². The minimum absolute atomic E-state index is 0.331. The van der Waals surface area contributed by atoms with Crippen molar-refractivity contribution in [3.05, 3.63) is 64.7 Å². The molecular formula is C16H13ClF3N5O. The van der Waals surface area contributed by atoms with Gasteiger partial charge in [-0.05, 0) is 17.7 Å². The molecule has 0 aliphatic rings. The quantitative estimate of drug-likeness (QED) is 0.748. The summed E-state index contributed by atoms with van der Waals surface area (Å²) < 4.78 is 40.5. The second-order valence-corrected chi connectivity index (χ2v) is 5.98. The number of carbonyl (C=O) groups is 1. The molecule has 0 bridgehead atoms. The number of aromatic nitrogens is 4. The van der Waals surface area contributed by atoms with E-state index < -0.39 is 17.8 Å². The largest absolute Gasteiger partial charge is 0.433 e. The summed E-state index contributed by atoms with van der Waals surface area (Å²) in [4.78, 5) is 12.1. The van der Waals surface area contributed by atoms with Crippen molar-refractivity contribution in [2.75, 3.05) is 5.32 Å². The highest BCUT2D eigenvalue weighted by Gasteiger charge is 2.35. The molecule has 0 aliphatic heterocycles. The molecule has 26 heavy (non-hydrogen) atoms. The van der Waals surface area contributed by atoms with Crippen LogP contribution in [0.4, 0.5) is 18.9 Å². The van der Waals surface area contributed by atoms with Crippen molar-refractivity contribution < 1.29 is 18.0 Å². The van der Waals surface area contributed by atoms with Crippen molar-refractivity contribution in [3.8, 4) is 0 Å².